The molecule has 2 heterocycles. The van der Waals surface area contributed by atoms with Crippen LogP contribution in [0.1, 0.15) is 37.8 Å². The minimum atomic E-state index is 0.396. The van der Waals surface area contributed by atoms with Crippen LogP contribution in [0.4, 0.5) is 5.95 Å². The molecule has 1 saturated heterocycles. The van der Waals surface area contributed by atoms with Crippen molar-refractivity contribution in [3.63, 3.8) is 0 Å². The molecule has 4 nitrogen and oxygen atoms in total. The van der Waals surface area contributed by atoms with Gasteiger partial charge in [0, 0.05) is 31.7 Å². The van der Waals surface area contributed by atoms with Gasteiger partial charge in [-0.1, -0.05) is 72.8 Å². The fourth-order valence-corrected chi connectivity index (χ4v) is 5.35. The van der Waals surface area contributed by atoms with Crippen molar-refractivity contribution in [1.82, 2.24) is 14.5 Å². The molecule has 1 fully saturated rings. The van der Waals surface area contributed by atoms with Gasteiger partial charge in [-0.2, -0.15) is 0 Å². The molecule has 0 unspecified atom stereocenters. The molecule has 1 aliphatic heterocycles. The van der Waals surface area contributed by atoms with Crippen molar-refractivity contribution in [2.45, 2.75) is 51.7 Å². The number of hydrogen-bond acceptors (Lipinski definition) is 3. The largest absolute Gasteiger partial charge is 0.337 e. The van der Waals surface area contributed by atoms with E-state index in [9.17, 15) is 0 Å². The van der Waals surface area contributed by atoms with E-state index in [0.717, 1.165) is 44.1 Å². The average Bonchev–Trinajstić information content (AvgIpc) is 3.22. The Kier molecular flexibility index (Phi) is 6.96. The van der Waals surface area contributed by atoms with E-state index in [1.165, 1.54) is 29.5 Å². The molecule has 0 atom stereocenters. The topological polar surface area (TPSA) is 24.3 Å². The van der Waals surface area contributed by atoms with E-state index >= 15 is 0 Å². The number of para-hydroxylation sites is 2. The predicted molar refractivity (Wildman–Crippen MR) is 142 cm³/mol. The third-order valence-electron chi connectivity index (χ3n) is 7.12. The van der Waals surface area contributed by atoms with Crippen molar-refractivity contribution in [3.05, 3.63) is 96.1 Å². The Hall–Kier alpha value is -3.11. The molecule has 0 aliphatic carbocycles. The number of imidazole rings is 1. The van der Waals surface area contributed by atoms with Crippen molar-refractivity contribution in [3.8, 4) is 0 Å². The number of rotatable bonds is 8. The zero-order chi connectivity index (χ0) is 23.3. The second-order valence-electron chi connectivity index (χ2n) is 9.78. The van der Waals surface area contributed by atoms with Crippen LogP contribution in [-0.2, 0) is 13.0 Å². The van der Waals surface area contributed by atoms with E-state index < -0.39 is 0 Å². The number of benzene rings is 3. The van der Waals surface area contributed by atoms with E-state index in [0.29, 0.717) is 12.1 Å². The maximum Gasteiger partial charge on any atom is 0.207 e. The first-order valence-corrected chi connectivity index (χ1v) is 12.7. The van der Waals surface area contributed by atoms with Gasteiger partial charge in [0.05, 0.1) is 17.6 Å². The number of likely N-dealkylation sites (tertiary alicyclic amines) is 1. The lowest BCUT2D eigenvalue weighted by Crippen LogP contribution is -2.49. The summed E-state index contributed by atoms with van der Waals surface area (Å²) in [6.07, 6.45) is 3.50. The molecule has 4 aromatic rings. The van der Waals surface area contributed by atoms with Crippen LogP contribution < -0.4 is 4.90 Å². The van der Waals surface area contributed by atoms with Crippen LogP contribution in [-0.4, -0.2) is 46.2 Å². The Labute approximate surface area is 203 Å². The van der Waals surface area contributed by atoms with E-state index in [1.54, 1.807) is 0 Å². The summed E-state index contributed by atoms with van der Waals surface area (Å²) < 4.78 is 2.42. The molecule has 0 spiro atoms. The van der Waals surface area contributed by atoms with Gasteiger partial charge in [0.1, 0.15) is 0 Å². The number of aromatic nitrogens is 2. The number of anilines is 1. The standard InChI is InChI=1S/C30H36N4/c1-24(2)34(27-18-21-32(22-19-27)20-17-25-11-5-3-6-12-25)30-31-28-15-9-10-16-29(28)33(30)23-26-13-7-4-8-14-26/h3-16,24,27H,17-23H2,1-2H3. The van der Waals surface area contributed by atoms with Gasteiger partial charge in [-0.05, 0) is 56.4 Å². The Morgan fingerprint density at radius 2 is 1.44 bits per heavy atom. The molecule has 0 saturated carbocycles. The minimum Gasteiger partial charge on any atom is -0.337 e. The van der Waals surface area contributed by atoms with Crippen molar-refractivity contribution < 1.29 is 0 Å². The zero-order valence-corrected chi connectivity index (χ0v) is 20.5. The van der Waals surface area contributed by atoms with Crippen molar-refractivity contribution >= 4 is 17.0 Å². The monoisotopic (exact) mass is 452 g/mol. The predicted octanol–water partition coefficient (Wildman–Crippen LogP) is 6.01. The lowest BCUT2D eigenvalue weighted by molar-refractivity contribution is 0.207. The molecular formula is C30H36N4. The first kappa shape index (κ1) is 22.7. The van der Waals surface area contributed by atoms with Crippen LogP contribution in [0.2, 0.25) is 0 Å². The highest BCUT2D eigenvalue weighted by Crippen LogP contribution is 2.30. The Balaban J connectivity index is 1.35. The molecule has 0 N–H and O–H groups in total. The zero-order valence-electron chi connectivity index (χ0n) is 20.5. The van der Waals surface area contributed by atoms with E-state index in [4.69, 9.17) is 4.98 Å². The molecular weight excluding hydrogens is 416 g/mol. The van der Waals surface area contributed by atoms with Crippen LogP contribution in [0, 0.1) is 0 Å². The smallest absolute Gasteiger partial charge is 0.207 e. The molecule has 0 bridgehead atoms. The van der Waals surface area contributed by atoms with E-state index in [1.807, 2.05) is 0 Å². The average molecular weight is 453 g/mol. The third kappa shape index (κ3) is 5.02. The SMILES string of the molecule is CC(C)N(c1nc2ccccc2n1Cc1ccccc1)C1CCN(CCc2ccccc2)CC1. The fraction of sp³-hybridized carbons (Fsp3) is 0.367. The van der Waals surface area contributed by atoms with Gasteiger partial charge >= 0.3 is 0 Å². The molecule has 4 heteroatoms. The summed E-state index contributed by atoms with van der Waals surface area (Å²) in [7, 11) is 0. The van der Waals surface area contributed by atoms with Gasteiger partial charge in [0.2, 0.25) is 5.95 Å². The quantitative estimate of drug-likeness (QED) is 0.327. The van der Waals surface area contributed by atoms with Gasteiger partial charge in [-0.3, -0.25) is 0 Å². The summed E-state index contributed by atoms with van der Waals surface area (Å²) in [5, 5.41) is 0. The molecule has 5 rings (SSSR count). The number of hydrogen-bond donors (Lipinski definition) is 0. The second-order valence-corrected chi connectivity index (χ2v) is 9.78. The third-order valence-corrected chi connectivity index (χ3v) is 7.12. The Morgan fingerprint density at radius 3 is 2.12 bits per heavy atom. The maximum atomic E-state index is 5.18. The van der Waals surface area contributed by atoms with Crippen molar-refractivity contribution in [1.29, 1.82) is 0 Å². The van der Waals surface area contributed by atoms with Crippen LogP contribution in [0.15, 0.2) is 84.9 Å². The molecule has 1 aliphatic rings. The Morgan fingerprint density at radius 1 is 0.824 bits per heavy atom. The lowest BCUT2D eigenvalue weighted by atomic mass is 10.0. The lowest BCUT2D eigenvalue weighted by Gasteiger charge is -2.41. The first-order valence-electron chi connectivity index (χ1n) is 12.7. The molecule has 1 aromatic heterocycles. The first-order chi connectivity index (χ1) is 16.7. The van der Waals surface area contributed by atoms with Gasteiger partial charge in [-0.15, -0.1) is 0 Å². The molecule has 0 amide bonds. The van der Waals surface area contributed by atoms with Gasteiger partial charge in [-0.25, -0.2) is 4.98 Å². The Bertz CT molecular complexity index is 1170. The highest BCUT2D eigenvalue weighted by atomic mass is 15.3. The highest BCUT2D eigenvalue weighted by molar-refractivity contribution is 5.79. The highest BCUT2D eigenvalue weighted by Gasteiger charge is 2.30. The van der Waals surface area contributed by atoms with Gasteiger partial charge in [0.25, 0.3) is 0 Å². The normalized spacial score (nSPS) is 15.3. The van der Waals surface area contributed by atoms with E-state index in [2.05, 4.69) is 113 Å². The summed E-state index contributed by atoms with van der Waals surface area (Å²) in [6, 6.07) is 31.1. The summed E-state index contributed by atoms with van der Waals surface area (Å²) in [5.74, 6) is 1.11. The van der Waals surface area contributed by atoms with Crippen LogP contribution in [0.25, 0.3) is 11.0 Å². The number of piperidine rings is 1. The van der Waals surface area contributed by atoms with Crippen LogP contribution in [0.5, 0.6) is 0 Å². The molecule has 3 aromatic carbocycles. The van der Waals surface area contributed by atoms with Gasteiger partial charge in [0.15, 0.2) is 0 Å². The number of nitrogens with zero attached hydrogens (tertiary/aromatic N) is 4. The molecule has 0 radical (unpaired) electrons. The summed E-state index contributed by atoms with van der Waals surface area (Å²) in [5.41, 5.74) is 5.04. The second kappa shape index (κ2) is 10.4. The molecule has 34 heavy (non-hydrogen) atoms. The summed E-state index contributed by atoms with van der Waals surface area (Å²) in [6.45, 7) is 8.92. The summed E-state index contributed by atoms with van der Waals surface area (Å²) >= 11 is 0. The van der Waals surface area contributed by atoms with Gasteiger partial charge < -0.3 is 14.4 Å². The van der Waals surface area contributed by atoms with Crippen LogP contribution in [0.3, 0.4) is 0 Å². The number of fused-ring (bicyclic) bond motifs is 1. The van der Waals surface area contributed by atoms with Crippen molar-refractivity contribution in [2.75, 3.05) is 24.5 Å². The summed E-state index contributed by atoms with van der Waals surface area (Å²) in [4.78, 5) is 10.4. The van der Waals surface area contributed by atoms with Crippen LogP contribution >= 0.6 is 0 Å². The van der Waals surface area contributed by atoms with E-state index in [-0.39, 0.29) is 0 Å². The maximum absolute atomic E-state index is 5.18. The van der Waals surface area contributed by atoms with Crippen molar-refractivity contribution in [2.24, 2.45) is 0 Å². The molecule has 176 valence electrons. The fourth-order valence-electron chi connectivity index (χ4n) is 5.35. The minimum absolute atomic E-state index is 0.396.